The van der Waals surface area contributed by atoms with E-state index in [1.807, 2.05) is 26.8 Å². The standard InChI is InChI=1S/C13H20FNO/c1-13(2,3)11-8-10(4-5-12(11)14)9-16-7-6-15/h4-5,8H,6-7,9,15H2,1-3H3. The van der Waals surface area contributed by atoms with E-state index in [0.717, 1.165) is 11.1 Å². The van der Waals surface area contributed by atoms with Crippen molar-refractivity contribution in [2.24, 2.45) is 5.73 Å². The summed E-state index contributed by atoms with van der Waals surface area (Å²) in [5, 5.41) is 0. The molecule has 2 N–H and O–H groups in total. The quantitative estimate of drug-likeness (QED) is 0.799. The minimum Gasteiger partial charge on any atom is -0.375 e. The topological polar surface area (TPSA) is 35.2 Å². The summed E-state index contributed by atoms with van der Waals surface area (Å²) in [5.41, 5.74) is 6.85. The molecule has 0 aliphatic carbocycles. The molecule has 0 bridgehead atoms. The first-order valence-electron chi connectivity index (χ1n) is 5.52. The number of ether oxygens (including phenoxy) is 1. The van der Waals surface area contributed by atoms with E-state index in [2.05, 4.69) is 0 Å². The van der Waals surface area contributed by atoms with Gasteiger partial charge in [0.2, 0.25) is 0 Å². The van der Waals surface area contributed by atoms with Crippen molar-refractivity contribution in [2.75, 3.05) is 13.2 Å². The lowest BCUT2D eigenvalue weighted by Crippen LogP contribution is -2.14. The molecule has 0 spiro atoms. The fourth-order valence-corrected chi connectivity index (χ4v) is 1.51. The van der Waals surface area contributed by atoms with Crippen molar-refractivity contribution in [1.29, 1.82) is 0 Å². The van der Waals surface area contributed by atoms with Crippen molar-refractivity contribution < 1.29 is 9.13 Å². The summed E-state index contributed by atoms with van der Waals surface area (Å²) in [6, 6.07) is 5.12. The predicted octanol–water partition coefficient (Wildman–Crippen LogP) is 2.60. The van der Waals surface area contributed by atoms with E-state index < -0.39 is 0 Å². The van der Waals surface area contributed by atoms with Crippen molar-refractivity contribution in [3.63, 3.8) is 0 Å². The van der Waals surface area contributed by atoms with E-state index in [-0.39, 0.29) is 11.2 Å². The summed E-state index contributed by atoms with van der Waals surface area (Å²) in [5.74, 6) is -0.157. The molecule has 0 aromatic heterocycles. The molecule has 0 saturated heterocycles. The fraction of sp³-hybridized carbons (Fsp3) is 0.538. The molecule has 1 aromatic carbocycles. The minimum atomic E-state index is -0.187. The molecule has 0 radical (unpaired) electrons. The second-order valence-electron chi connectivity index (χ2n) is 4.91. The second kappa shape index (κ2) is 5.41. The second-order valence-corrected chi connectivity index (χ2v) is 4.91. The minimum absolute atomic E-state index is 0.157. The van der Waals surface area contributed by atoms with Crippen LogP contribution in [0.25, 0.3) is 0 Å². The largest absolute Gasteiger partial charge is 0.375 e. The van der Waals surface area contributed by atoms with Crippen LogP contribution in [0.4, 0.5) is 4.39 Å². The van der Waals surface area contributed by atoms with Crippen LogP contribution in [-0.2, 0) is 16.8 Å². The Bertz CT molecular complexity index is 344. The zero-order chi connectivity index (χ0) is 12.2. The van der Waals surface area contributed by atoms with E-state index in [0.29, 0.717) is 19.8 Å². The van der Waals surface area contributed by atoms with E-state index in [1.54, 1.807) is 6.07 Å². The summed E-state index contributed by atoms with van der Waals surface area (Å²) in [4.78, 5) is 0. The lowest BCUT2D eigenvalue weighted by molar-refractivity contribution is 0.128. The van der Waals surface area contributed by atoms with E-state index in [9.17, 15) is 4.39 Å². The first-order valence-corrected chi connectivity index (χ1v) is 5.52. The van der Waals surface area contributed by atoms with Crippen LogP contribution < -0.4 is 5.73 Å². The Hall–Kier alpha value is -0.930. The van der Waals surface area contributed by atoms with Gasteiger partial charge in [0.1, 0.15) is 5.82 Å². The van der Waals surface area contributed by atoms with E-state index in [1.165, 1.54) is 6.07 Å². The van der Waals surface area contributed by atoms with Gasteiger partial charge in [-0.1, -0.05) is 32.9 Å². The summed E-state index contributed by atoms with van der Waals surface area (Å²) < 4.78 is 18.9. The molecule has 0 unspecified atom stereocenters. The van der Waals surface area contributed by atoms with Crippen LogP contribution >= 0.6 is 0 Å². The fourth-order valence-electron chi connectivity index (χ4n) is 1.51. The molecule has 1 rings (SSSR count). The maximum atomic E-state index is 13.6. The number of benzene rings is 1. The van der Waals surface area contributed by atoms with Crippen molar-refractivity contribution in [1.82, 2.24) is 0 Å². The van der Waals surface area contributed by atoms with Gasteiger partial charge < -0.3 is 10.5 Å². The highest BCUT2D eigenvalue weighted by molar-refractivity contribution is 5.29. The van der Waals surface area contributed by atoms with Gasteiger partial charge in [-0.25, -0.2) is 4.39 Å². The first kappa shape index (κ1) is 13.1. The molecule has 0 aliphatic rings. The van der Waals surface area contributed by atoms with Gasteiger partial charge in [0.15, 0.2) is 0 Å². The Kier molecular flexibility index (Phi) is 4.44. The molecular formula is C13H20FNO. The number of hydrogen-bond donors (Lipinski definition) is 1. The van der Waals surface area contributed by atoms with Crippen LogP contribution in [0, 0.1) is 5.82 Å². The smallest absolute Gasteiger partial charge is 0.126 e. The molecule has 2 nitrogen and oxygen atoms in total. The molecule has 16 heavy (non-hydrogen) atoms. The summed E-state index contributed by atoms with van der Waals surface area (Å²) >= 11 is 0. The summed E-state index contributed by atoms with van der Waals surface area (Å²) in [6.07, 6.45) is 0. The highest BCUT2D eigenvalue weighted by atomic mass is 19.1. The Morgan fingerprint density at radius 3 is 2.56 bits per heavy atom. The molecular weight excluding hydrogens is 205 g/mol. The average molecular weight is 225 g/mol. The molecule has 0 fully saturated rings. The third kappa shape index (κ3) is 3.58. The zero-order valence-corrected chi connectivity index (χ0v) is 10.2. The maximum absolute atomic E-state index is 13.6. The predicted molar refractivity (Wildman–Crippen MR) is 63.8 cm³/mol. The zero-order valence-electron chi connectivity index (χ0n) is 10.2. The maximum Gasteiger partial charge on any atom is 0.126 e. The number of hydrogen-bond acceptors (Lipinski definition) is 2. The third-order valence-electron chi connectivity index (χ3n) is 2.37. The third-order valence-corrected chi connectivity index (χ3v) is 2.37. The Morgan fingerprint density at radius 1 is 1.31 bits per heavy atom. The van der Waals surface area contributed by atoms with Crippen molar-refractivity contribution in [3.05, 3.63) is 35.1 Å². The Balaban J connectivity index is 2.82. The molecule has 1 aromatic rings. The highest BCUT2D eigenvalue weighted by Gasteiger charge is 2.18. The molecule has 0 atom stereocenters. The Labute approximate surface area is 96.6 Å². The van der Waals surface area contributed by atoms with Gasteiger partial charge in [-0.05, 0) is 22.6 Å². The van der Waals surface area contributed by atoms with E-state index >= 15 is 0 Å². The number of halogens is 1. The highest BCUT2D eigenvalue weighted by Crippen LogP contribution is 2.26. The molecule has 0 heterocycles. The van der Waals surface area contributed by atoms with Crippen LogP contribution in [-0.4, -0.2) is 13.2 Å². The van der Waals surface area contributed by atoms with Crippen LogP contribution in [0.3, 0.4) is 0 Å². The van der Waals surface area contributed by atoms with Gasteiger partial charge >= 0.3 is 0 Å². The first-order chi connectivity index (χ1) is 7.45. The molecule has 0 aliphatic heterocycles. The molecule has 3 heteroatoms. The van der Waals surface area contributed by atoms with Crippen LogP contribution in [0.5, 0.6) is 0 Å². The van der Waals surface area contributed by atoms with Crippen LogP contribution in [0.1, 0.15) is 31.9 Å². The van der Waals surface area contributed by atoms with Crippen LogP contribution in [0.2, 0.25) is 0 Å². The van der Waals surface area contributed by atoms with Crippen molar-refractivity contribution in [3.8, 4) is 0 Å². The lowest BCUT2D eigenvalue weighted by atomic mass is 9.86. The number of nitrogens with two attached hydrogens (primary N) is 1. The van der Waals surface area contributed by atoms with E-state index in [4.69, 9.17) is 10.5 Å². The molecule has 90 valence electrons. The summed E-state index contributed by atoms with van der Waals surface area (Å²) in [6.45, 7) is 7.51. The van der Waals surface area contributed by atoms with Crippen LogP contribution in [0.15, 0.2) is 18.2 Å². The van der Waals surface area contributed by atoms with Gasteiger partial charge in [-0.15, -0.1) is 0 Å². The van der Waals surface area contributed by atoms with Crippen molar-refractivity contribution >= 4 is 0 Å². The summed E-state index contributed by atoms with van der Waals surface area (Å²) in [7, 11) is 0. The van der Waals surface area contributed by atoms with Gasteiger partial charge in [0.05, 0.1) is 13.2 Å². The number of rotatable bonds is 4. The van der Waals surface area contributed by atoms with Gasteiger partial charge in [0, 0.05) is 6.54 Å². The van der Waals surface area contributed by atoms with Gasteiger partial charge in [-0.3, -0.25) is 0 Å². The van der Waals surface area contributed by atoms with Gasteiger partial charge in [-0.2, -0.15) is 0 Å². The average Bonchev–Trinajstić information content (AvgIpc) is 2.19. The SMILES string of the molecule is CC(C)(C)c1cc(COCCN)ccc1F. The van der Waals surface area contributed by atoms with Gasteiger partial charge in [0.25, 0.3) is 0 Å². The van der Waals surface area contributed by atoms with Crippen molar-refractivity contribution in [2.45, 2.75) is 32.8 Å². The molecule has 0 saturated carbocycles. The molecule has 0 amide bonds. The Morgan fingerprint density at radius 2 is 2.00 bits per heavy atom. The lowest BCUT2D eigenvalue weighted by Gasteiger charge is -2.20. The normalized spacial score (nSPS) is 11.8. The monoisotopic (exact) mass is 225 g/mol.